The van der Waals surface area contributed by atoms with E-state index in [1.54, 1.807) is 0 Å². The first-order valence-electron chi connectivity index (χ1n) is 5.95. The van der Waals surface area contributed by atoms with E-state index in [1.165, 1.54) is 0 Å². The molecule has 2 rings (SSSR count). The summed E-state index contributed by atoms with van der Waals surface area (Å²) in [7, 11) is 0. The van der Waals surface area contributed by atoms with Gasteiger partial charge in [0.15, 0.2) is 0 Å². The van der Waals surface area contributed by atoms with Crippen LogP contribution in [0.4, 0.5) is 31.1 Å². The number of halogens is 6. The molecule has 1 aromatic carbocycles. The van der Waals surface area contributed by atoms with E-state index in [4.69, 9.17) is 5.11 Å². The molecule has 0 spiro atoms. The Kier molecular flexibility index (Phi) is 3.84. The molecular weight excluding hydrogens is 316 g/mol. The van der Waals surface area contributed by atoms with Gasteiger partial charge in [0.05, 0.1) is 11.1 Å². The van der Waals surface area contributed by atoms with Crippen LogP contribution in [0.15, 0.2) is 29.8 Å². The predicted molar refractivity (Wildman–Crippen MR) is 64.0 cm³/mol. The van der Waals surface area contributed by atoms with Crippen LogP contribution >= 0.6 is 0 Å². The highest BCUT2D eigenvalue weighted by Crippen LogP contribution is 2.44. The molecule has 0 bridgehead atoms. The number of hydrogen-bond donors (Lipinski definition) is 1. The third-order valence-electron chi connectivity index (χ3n) is 3.17. The highest BCUT2D eigenvalue weighted by atomic mass is 19.4. The van der Waals surface area contributed by atoms with Crippen LogP contribution in [0.25, 0.3) is 5.57 Å². The first-order chi connectivity index (χ1) is 10.0. The Hall–Kier alpha value is -2.19. The van der Waals surface area contributed by atoms with Gasteiger partial charge in [-0.1, -0.05) is 18.2 Å². The summed E-state index contributed by atoms with van der Waals surface area (Å²) < 4.78 is 78.2. The minimum absolute atomic E-state index is 0.383. The summed E-state index contributed by atoms with van der Waals surface area (Å²) in [6.07, 6.45) is -11.4. The number of likely N-dealkylation sites (tertiary alicyclic amines) is 1. The Morgan fingerprint density at radius 2 is 1.59 bits per heavy atom. The van der Waals surface area contributed by atoms with Gasteiger partial charge < -0.3 is 10.0 Å². The van der Waals surface area contributed by atoms with E-state index in [1.807, 2.05) is 0 Å². The Bertz CT molecular complexity index is 624. The number of carboxylic acid groups (broad SMARTS) is 1. The summed E-state index contributed by atoms with van der Waals surface area (Å²) in [5, 5.41) is 8.63. The van der Waals surface area contributed by atoms with Crippen LogP contribution in [0.3, 0.4) is 0 Å². The van der Waals surface area contributed by atoms with Crippen molar-refractivity contribution in [1.29, 1.82) is 0 Å². The van der Waals surface area contributed by atoms with Crippen molar-refractivity contribution >= 4 is 11.7 Å². The topological polar surface area (TPSA) is 40.5 Å². The van der Waals surface area contributed by atoms with E-state index in [0.717, 1.165) is 18.2 Å². The van der Waals surface area contributed by atoms with E-state index in [2.05, 4.69) is 0 Å². The minimum atomic E-state index is -5.01. The van der Waals surface area contributed by atoms with E-state index in [0.29, 0.717) is 11.0 Å². The van der Waals surface area contributed by atoms with E-state index in [-0.39, 0.29) is 5.57 Å². The average Bonchev–Trinajstić information content (AvgIpc) is 2.29. The minimum Gasteiger partial charge on any atom is -0.465 e. The number of carbonyl (C=O) groups is 1. The largest absolute Gasteiger partial charge is 0.465 e. The molecule has 0 radical (unpaired) electrons. The molecule has 22 heavy (non-hydrogen) atoms. The lowest BCUT2D eigenvalue weighted by molar-refractivity contribution is -0.138. The fourth-order valence-electron chi connectivity index (χ4n) is 2.20. The standard InChI is InChI=1S/C13H9F6NO2/c14-12(15,16)9-4-2-1-3-8(9)10(13(17,18)19)7-5-20(6-7)11(21)22/h1-4H,5-6H2,(H,21,22). The number of hydrogen-bond acceptors (Lipinski definition) is 1. The maximum absolute atomic E-state index is 13.2. The quantitative estimate of drug-likeness (QED) is 0.793. The smallest absolute Gasteiger partial charge is 0.417 e. The Balaban J connectivity index is 2.55. The molecule has 1 saturated heterocycles. The third kappa shape index (κ3) is 3.02. The Morgan fingerprint density at radius 3 is 2.05 bits per heavy atom. The number of amides is 1. The Labute approximate surface area is 120 Å². The summed E-state index contributed by atoms with van der Waals surface area (Å²) >= 11 is 0. The number of benzene rings is 1. The van der Waals surface area contributed by atoms with E-state index >= 15 is 0 Å². The normalized spacial score (nSPS) is 15.5. The van der Waals surface area contributed by atoms with Gasteiger partial charge in [-0.3, -0.25) is 0 Å². The number of alkyl halides is 6. The second kappa shape index (κ2) is 5.22. The van der Waals surface area contributed by atoms with Crippen molar-refractivity contribution in [1.82, 2.24) is 4.90 Å². The molecule has 1 aliphatic heterocycles. The fourth-order valence-corrected chi connectivity index (χ4v) is 2.20. The maximum Gasteiger partial charge on any atom is 0.417 e. The van der Waals surface area contributed by atoms with Crippen LogP contribution in [0, 0.1) is 0 Å². The van der Waals surface area contributed by atoms with Gasteiger partial charge in [-0.05, 0) is 17.2 Å². The molecular formula is C13H9F6NO2. The lowest BCUT2D eigenvalue weighted by Crippen LogP contribution is -2.45. The van der Waals surface area contributed by atoms with Gasteiger partial charge in [-0.2, -0.15) is 26.3 Å². The zero-order valence-electron chi connectivity index (χ0n) is 10.8. The first kappa shape index (κ1) is 16.2. The average molecular weight is 325 g/mol. The van der Waals surface area contributed by atoms with Crippen molar-refractivity contribution in [2.75, 3.05) is 13.1 Å². The fraction of sp³-hybridized carbons (Fsp3) is 0.308. The molecule has 9 heteroatoms. The molecule has 120 valence electrons. The van der Waals surface area contributed by atoms with Gasteiger partial charge in [0.2, 0.25) is 0 Å². The van der Waals surface area contributed by atoms with Crippen LogP contribution in [-0.2, 0) is 6.18 Å². The van der Waals surface area contributed by atoms with Crippen molar-refractivity contribution in [3.63, 3.8) is 0 Å². The molecule has 0 aromatic heterocycles. The molecule has 1 N–H and O–H groups in total. The van der Waals surface area contributed by atoms with Crippen LogP contribution in [-0.4, -0.2) is 35.4 Å². The summed E-state index contributed by atoms with van der Waals surface area (Å²) in [6, 6.07) is 3.37. The first-order valence-corrected chi connectivity index (χ1v) is 5.95. The predicted octanol–water partition coefficient (Wildman–Crippen LogP) is 4.01. The molecule has 0 atom stereocenters. The van der Waals surface area contributed by atoms with Crippen molar-refractivity contribution < 1.29 is 36.2 Å². The van der Waals surface area contributed by atoms with Gasteiger partial charge in [-0.25, -0.2) is 4.79 Å². The van der Waals surface area contributed by atoms with Gasteiger partial charge in [0.25, 0.3) is 0 Å². The lowest BCUT2D eigenvalue weighted by Gasteiger charge is -2.34. The zero-order chi connectivity index (χ0) is 16.7. The second-order valence-electron chi connectivity index (χ2n) is 4.66. The van der Waals surface area contributed by atoms with E-state index < -0.39 is 48.2 Å². The molecule has 1 aromatic rings. The number of allylic oxidation sites excluding steroid dienone is 1. The summed E-state index contributed by atoms with van der Waals surface area (Å²) in [5.41, 5.74) is -4.18. The summed E-state index contributed by atoms with van der Waals surface area (Å²) in [4.78, 5) is 11.3. The highest BCUT2D eigenvalue weighted by Gasteiger charge is 2.45. The van der Waals surface area contributed by atoms with Gasteiger partial charge in [0, 0.05) is 13.1 Å². The SMILES string of the molecule is O=C(O)N1CC(=C(c2ccccc2C(F)(F)F)C(F)(F)F)C1. The molecule has 1 amide bonds. The van der Waals surface area contributed by atoms with E-state index in [9.17, 15) is 31.1 Å². The van der Waals surface area contributed by atoms with Gasteiger partial charge in [-0.15, -0.1) is 0 Å². The molecule has 1 heterocycles. The number of nitrogens with zero attached hydrogens (tertiary/aromatic N) is 1. The number of rotatable bonds is 1. The van der Waals surface area contributed by atoms with Crippen molar-refractivity contribution in [2.24, 2.45) is 0 Å². The third-order valence-corrected chi connectivity index (χ3v) is 3.17. The highest BCUT2D eigenvalue weighted by molar-refractivity contribution is 5.79. The van der Waals surface area contributed by atoms with Crippen LogP contribution < -0.4 is 0 Å². The molecule has 0 unspecified atom stereocenters. The summed E-state index contributed by atoms with van der Waals surface area (Å²) in [6.45, 7) is -1.12. The van der Waals surface area contributed by atoms with Crippen LogP contribution in [0.2, 0.25) is 0 Å². The van der Waals surface area contributed by atoms with Crippen molar-refractivity contribution in [2.45, 2.75) is 12.4 Å². The second-order valence-corrected chi connectivity index (χ2v) is 4.66. The molecule has 1 aliphatic rings. The van der Waals surface area contributed by atoms with Crippen LogP contribution in [0.5, 0.6) is 0 Å². The monoisotopic (exact) mass is 325 g/mol. The van der Waals surface area contributed by atoms with Crippen LogP contribution in [0.1, 0.15) is 11.1 Å². The van der Waals surface area contributed by atoms with Crippen molar-refractivity contribution in [3.8, 4) is 0 Å². The maximum atomic E-state index is 13.2. The summed E-state index contributed by atoms with van der Waals surface area (Å²) in [5.74, 6) is 0. The molecule has 1 fully saturated rings. The van der Waals surface area contributed by atoms with Gasteiger partial charge >= 0.3 is 18.4 Å². The van der Waals surface area contributed by atoms with Crippen molar-refractivity contribution in [3.05, 3.63) is 41.0 Å². The molecule has 0 aliphatic carbocycles. The molecule has 0 saturated carbocycles. The zero-order valence-corrected chi connectivity index (χ0v) is 10.8. The Morgan fingerprint density at radius 1 is 1.05 bits per heavy atom. The lowest BCUT2D eigenvalue weighted by atomic mass is 9.91. The van der Waals surface area contributed by atoms with Gasteiger partial charge in [0.1, 0.15) is 0 Å². The molecule has 3 nitrogen and oxygen atoms in total.